The van der Waals surface area contributed by atoms with E-state index in [4.69, 9.17) is 4.98 Å². The molecule has 1 saturated carbocycles. The Morgan fingerprint density at radius 3 is 2.32 bits per heavy atom. The molecule has 44 heavy (non-hydrogen) atoms. The van der Waals surface area contributed by atoms with E-state index < -0.39 is 36.4 Å². The summed E-state index contributed by atoms with van der Waals surface area (Å²) in [6.07, 6.45) is -6.10. The third kappa shape index (κ3) is 6.18. The Bertz CT molecular complexity index is 1540. The quantitative estimate of drug-likeness (QED) is 0.168. The lowest BCUT2D eigenvalue weighted by atomic mass is 9.91. The normalized spacial score (nSPS) is 23.7. The average Bonchev–Trinajstić information content (AvgIpc) is 3.75. The number of aliphatic hydroxyl groups excluding tert-OH is 2. The van der Waals surface area contributed by atoms with Crippen LogP contribution in [0.25, 0.3) is 11.2 Å². The van der Waals surface area contributed by atoms with Gasteiger partial charge in [-0.1, -0.05) is 60.7 Å². The average molecular weight is 611 g/mol. The van der Waals surface area contributed by atoms with Crippen LogP contribution in [0.1, 0.15) is 35.9 Å². The monoisotopic (exact) mass is 610 g/mol. The topological polar surface area (TPSA) is 149 Å². The van der Waals surface area contributed by atoms with E-state index in [0.717, 1.165) is 30.6 Å². The molecule has 0 bridgehead atoms. The number of carbonyl (C=O) groups is 1. The first-order valence-electron chi connectivity index (χ1n) is 14.5. The highest BCUT2D eigenvalue weighted by atomic mass is 19.4. The summed E-state index contributed by atoms with van der Waals surface area (Å²) in [5.41, 5.74) is 2.93. The second-order valence-corrected chi connectivity index (χ2v) is 11.2. The van der Waals surface area contributed by atoms with Gasteiger partial charge in [-0.15, -0.1) is 0 Å². The Morgan fingerprint density at radius 2 is 1.70 bits per heavy atom. The van der Waals surface area contributed by atoms with Crippen LogP contribution < -0.4 is 21.3 Å². The van der Waals surface area contributed by atoms with E-state index in [9.17, 15) is 28.2 Å². The SMILES string of the molecule is O=C(N[C@H]1C[C@@H](n2cnc3c(NCC(c4ccccc4)c4ccccc4)nc(N[C@@H]4CCNC4)nc32)[C@H](O)[C@@H]1O)C(F)(F)F. The highest BCUT2D eigenvalue weighted by Gasteiger charge is 2.47. The van der Waals surface area contributed by atoms with Crippen molar-refractivity contribution in [3.63, 3.8) is 0 Å². The molecule has 232 valence electrons. The van der Waals surface area contributed by atoms with Gasteiger partial charge in [0.2, 0.25) is 5.95 Å². The molecule has 1 aliphatic heterocycles. The van der Waals surface area contributed by atoms with Crippen molar-refractivity contribution in [1.82, 2.24) is 30.2 Å². The maximum atomic E-state index is 12.9. The minimum absolute atomic E-state index is 0.0234. The molecule has 1 aliphatic carbocycles. The Labute approximate surface area is 250 Å². The maximum Gasteiger partial charge on any atom is 0.471 e. The van der Waals surface area contributed by atoms with Crippen molar-refractivity contribution >= 4 is 28.8 Å². The number of anilines is 2. The van der Waals surface area contributed by atoms with Crippen molar-refractivity contribution in [2.45, 2.75) is 55.3 Å². The summed E-state index contributed by atoms with van der Waals surface area (Å²) >= 11 is 0. The van der Waals surface area contributed by atoms with Gasteiger partial charge in [0, 0.05) is 25.0 Å². The van der Waals surface area contributed by atoms with E-state index in [1.165, 1.54) is 10.9 Å². The Kier molecular flexibility index (Phi) is 8.38. The number of benzene rings is 2. The molecule has 1 saturated heterocycles. The number of rotatable bonds is 9. The van der Waals surface area contributed by atoms with Crippen LogP contribution in [0.4, 0.5) is 24.9 Å². The van der Waals surface area contributed by atoms with E-state index >= 15 is 0 Å². The van der Waals surface area contributed by atoms with Crippen LogP contribution in [0, 0.1) is 0 Å². The van der Waals surface area contributed by atoms with E-state index in [0.29, 0.717) is 29.5 Å². The van der Waals surface area contributed by atoms with Gasteiger partial charge in [-0.2, -0.15) is 23.1 Å². The first-order chi connectivity index (χ1) is 21.2. The number of amides is 1. The second kappa shape index (κ2) is 12.4. The van der Waals surface area contributed by atoms with Crippen LogP contribution in [-0.2, 0) is 4.79 Å². The van der Waals surface area contributed by atoms with Gasteiger partial charge in [0.1, 0.15) is 12.2 Å². The van der Waals surface area contributed by atoms with E-state index in [1.807, 2.05) is 36.4 Å². The number of aliphatic hydroxyl groups is 2. The Morgan fingerprint density at radius 1 is 1.02 bits per heavy atom. The molecule has 0 unspecified atom stereocenters. The van der Waals surface area contributed by atoms with Gasteiger partial charge in [-0.25, -0.2) is 4.98 Å². The largest absolute Gasteiger partial charge is 0.471 e. The van der Waals surface area contributed by atoms with E-state index in [-0.39, 0.29) is 18.4 Å². The minimum Gasteiger partial charge on any atom is -0.388 e. The molecule has 3 heterocycles. The van der Waals surface area contributed by atoms with Gasteiger partial charge < -0.3 is 36.0 Å². The van der Waals surface area contributed by atoms with Crippen molar-refractivity contribution in [2.24, 2.45) is 0 Å². The number of aromatic nitrogens is 4. The zero-order chi connectivity index (χ0) is 30.8. The van der Waals surface area contributed by atoms with E-state index in [1.54, 1.807) is 5.32 Å². The molecule has 5 atom stereocenters. The zero-order valence-corrected chi connectivity index (χ0v) is 23.6. The van der Waals surface area contributed by atoms with Crippen LogP contribution >= 0.6 is 0 Å². The summed E-state index contributed by atoms with van der Waals surface area (Å²) in [5.74, 6) is -1.44. The van der Waals surface area contributed by atoms with Crippen molar-refractivity contribution in [2.75, 3.05) is 30.3 Å². The molecule has 2 aromatic heterocycles. The molecule has 11 nitrogen and oxygen atoms in total. The van der Waals surface area contributed by atoms with Crippen molar-refractivity contribution in [3.8, 4) is 0 Å². The summed E-state index contributed by atoms with van der Waals surface area (Å²) in [7, 11) is 0. The van der Waals surface area contributed by atoms with Gasteiger partial charge in [0.25, 0.3) is 0 Å². The van der Waals surface area contributed by atoms with Crippen LogP contribution in [0.15, 0.2) is 67.0 Å². The molecule has 2 aromatic carbocycles. The van der Waals surface area contributed by atoms with Crippen molar-refractivity contribution < 1.29 is 28.2 Å². The summed E-state index contributed by atoms with van der Waals surface area (Å²) in [6, 6.07) is 18.0. The summed E-state index contributed by atoms with van der Waals surface area (Å²) in [5, 5.41) is 33.3. The van der Waals surface area contributed by atoms with E-state index in [2.05, 4.69) is 50.2 Å². The maximum absolute atomic E-state index is 12.9. The number of imidazole rings is 1. The minimum atomic E-state index is -5.12. The second-order valence-electron chi connectivity index (χ2n) is 11.2. The van der Waals surface area contributed by atoms with Gasteiger partial charge >= 0.3 is 12.1 Å². The van der Waals surface area contributed by atoms with Crippen molar-refractivity contribution in [1.29, 1.82) is 0 Å². The lowest BCUT2D eigenvalue weighted by Crippen LogP contribution is -2.48. The summed E-state index contributed by atoms with van der Waals surface area (Å²) in [4.78, 5) is 25.5. The molecule has 14 heteroatoms. The zero-order valence-electron chi connectivity index (χ0n) is 23.6. The fourth-order valence-electron chi connectivity index (χ4n) is 5.98. The molecule has 0 radical (unpaired) electrons. The molecule has 6 rings (SSSR count). The third-order valence-electron chi connectivity index (χ3n) is 8.28. The predicted molar refractivity (Wildman–Crippen MR) is 157 cm³/mol. The molecule has 0 spiro atoms. The van der Waals surface area contributed by atoms with Crippen molar-refractivity contribution in [3.05, 3.63) is 78.1 Å². The number of fused-ring (bicyclic) bond motifs is 1. The molecular weight excluding hydrogens is 577 g/mol. The number of hydrogen-bond acceptors (Lipinski definition) is 9. The third-order valence-corrected chi connectivity index (χ3v) is 8.28. The Hall–Kier alpha value is -4.27. The van der Waals surface area contributed by atoms with Gasteiger partial charge in [0.05, 0.1) is 18.4 Å². The molecule has 6 N–H and O–H groups in total. The fraction of sp³-hybridized carbons (Fsp3) is 0.400. The number of nitrogens with zero attached hydrogens (tertiary/aromatic N) is 4. The number of halogens is 3. The van der Waals surface area contributed by atoms with Crippen LogP contribution in [0.3, 0.4) is 0 Å². The summed E-state index contributed by atoms with van der Waals surface area (Å²) < 4.78 is 40.2. The number of hydrogen-bond donors (Lipinski definition) is 6. The Balaban J connectivity index is 1.33. The number of alkyl halides is 3. The molecule has 4 aromatic rings. The molecular formula is C30H33F3N8O3. The lowest BCUT2D eigenvalue weighted by Gasteiger charge is -2.21. The van der Waals surface area contributed by atoms with Crippen LogP contribution in [0.2, 0.25) is 0 Å². The van der Waals surface area contributed by atoms with Crippen LogP contribution in [-0.4, -0.2) is 85.7 Å². The number of carbonyl (C=O) groups excluding carboxylic acids is 1. The first kappa shape index (κ1) is 29.8. The predicted octanol–water partition coefficient (Wildman–Crippen LogP) is 2.56. The molecule has 2 fully saturated rings. The highest BCUT2D eigenvalue weighted by Crippen LogP contribution is 2.35. The highest BCUT2D eigenvalue weighted by molar-refractivity contribution is 5.85. The number of nitrogens with one attached hydrogen (secondary N) is 4. The fourth-order valence-corrected chi connectivity index (χ4v) is 5.98. The standard InChI is InChI=1S/C30H33F3N8O3/c31-30(32,33)28(44)38-21-13-22(25(43)24(21)42)41-16-36-23-26(39-29(40-27(23)41)37-19-11-12-34-14-19)35-15-20(17-7-3-1-4-8-17)18-9-5-2-6-10-18/h1-10,16,19-22,24-25,34,42-43H,11-15H2,(H,38,44)(H2,35,37,39,40)/t19-,21+,22-,24-,25+/m1/s1. The summed E-state index contributed by atoms with van der Waals surface area (Å²) in [6.45, 7) is 2.03. The van der Waals surface area contributed by atoms with Gasteiger partial charge in [-0.3, -0.25) is 4.79 Å². The van der Waals surface area contributed by atoms with Gasteiger partial charge in [-0.05, 0) is 30.5 Å². The van der Waals surface area contributed by atoms with Crippen LogP contribution in [0.5, 0.6) is 0 Å². The lowest BCUT2D eigenvalue weighted by molar-refractivity contribution is -0.175. The first-order valence-corrected chi connectivity index (χ1v) is 14.5. The van der Waals surface area contributed by atoms with Gasteiger partial charge in [0.15, 0.2) is 17.0 Å². The molecule has 2 aliphatic rings. The molecule has 1 amide bonds. The smallest absolute Gasteiger partial charge is 0.388 e.